The summed E-state index contributed by atoms with van der Waals surface area (Å²) >= 11 is 0. The van der Waals surface area contributed by atoms with Gasteiger partial charge in [0, 0.05) is 11.8 Å². The number of unbranched alkanes of at least 4 members (excludes halogenated alkanes) is 14. The minimum Gasteiger partial charge on any atom is -0.469 e. The Balaban J connectivity index is 1.66. The molecule has 0 aliphatic heterocycles. The Morgan fingerprint density at radius 3 is 1.79 bits per heavy atom. The second-order valence-corrected chi connectivity index (χ2v) is 16.9. The molecule has 6 nitrogen and oxygen atoms in total. The molecular weight excluding hydrogens is 677 g/mol. The summed E-state index contributed by atoms with van der Waals surface area (Å²) in [7, 11) is -2.49. The van der Waals surface area contributed by atoms with Crippen molar-refractivity contribution >= 4 is 21.7 Å². The molecule has 1 aliphatic rings. The molecule has 3 aromatic rings. The van der Waals surface area contributed by atoms with Crippen LogP contribution >= 0.6 is 0 Å². The molecule has 0 atom stereocenters. The first kappa shape index (κ1) is 42.3. The Morgan fingerprint density at radius 2 is 1.21 bits per heavy atom. The lowest BCUT2D eigenvalue weighted by Crippen LogP contribution is -2.26. The minimum atomic E-state index is -3.88. The number of hydrazone groups is 1. The third-order valence-electron chi connectivity index (χ3n) is 11.2. The molecule has 53 heavy (non-hydrogen) atoms. The van der Waals surface area contributed by atoms with Crippen molar-refractivity contribution in [2.24, 2.45) is 5.10 Å². The number of rotatable bonds is 26. The van der Waals surface area contributed by atoms with Gasteiger partial charge in [-0.1, -0.05) is 171 Å². The van der Waals surface area contributed by atoms with Crippen molar-refractivity contribution in [3.63, 3.8) is 0 Å². The summed E-state index contributed by atoms with van der Waals surface area (Å²) in [6.07, 6.45) is 23.9. The molecule has 0 heterocycles. The van der Waals surface area contributed by atoms with Crippen LogP contribution < -0.4 is 4.83 Å². The summed E-state index contributed by atoms with van der Waals surface area (Å²) < 4.78 is 31.6. The van der Waals surface area contributed by atoms with Crippen LogP contribution in [0.1, 0.15) is 171 Å². The van der Waals surface area contributed by atoms with Crippen LogP contribution in [0, 0.1) is 6.92 Å². The van der Waals surface area contributed by atoms with Crippen LogP contribution in [-0.4, -0.2) is 27.2 Å². The zero-order valence-electron chi connectivity index (χ0n) is 33.2. The van der Waals surface area contributed by atoms with Crippen LogP contribution in [0.3, 0.4) is 0 Å². The Hall–Kier alpha value is -3.45. The predicted molar refractivity (Wildman–Crippen MR) is 221 cm³/mol. The van der Waals surface area contributed by atoms with Gasteiger partial charge in [0.15, 0.2) is 0 Å². The van der Waals surface area contributed by atoms with Gasteiger partial charge < -0.3 is 4.74 Å². The number of benzene rings is 3. The fourth-order valence-corrected chi connectivity index (χ4v) is 8.90. The molecule has 0 radical (unpaired) electrons. The van der Waals surface area contributed by atoms with Crippen LogP contribution in [0.5, 0.6) is 0 Å². The highest BCUT2D eigenvalue weighted by Gasteiger charge is 2.42. The van der Waals surface area contributed by atoms with Crippen molar-refractivity contribution in [3.8, 4) is 11.1 Å². The molecule has 0 fully saturated rings. The fourth-order valence-electron chi connectivity index (χ4n) is 8.07. The van der Waals surface area contributed by atoms with E-state index in [2.05, 4.69) is 66.2 Å². The molecule has 4 rings (SSSR count). The smallest absolute Gasteiger partial charge is 0.305 e. The number of esters is 1. The van der Waals surface area contributed by atoms with Gasteiger partial charge in [0.2, 0.25) is 0 Å². The molecule has 0 aromatic heterocycles. The maximum Gasteiger partial charge on any atom is 0.305 e. The average Bonchev–Trinajstić information content (AvgIpc) is 3.44. The highest BCUT2D eigenvalue weighted by Crippen LogP contribution is 2.54. The predicted octanol–water partition coefficient (Wildman–Crippen LogP) is 12.3. The Labute approximate surface area is 321 Å². The van der Waals surface area contributed by atoms with E-state index in [0.717, 1.165) is 24.0 Å². The van der Waals surface area contributed by atoms with Gasteiger partial charge >= 0.3 is 5.97 Å². The molecule has 7 heteroatoms. The van der Waals surface area contributed by atoms with Crippen LogP contribution in [0.25, 0.3) is 11.1 Å². The van der Waals surface area contributed by atoms with E-state index in [1.54, 1.807) is 24.3 Å². The summed E-state index contributed by atoms with van der Waals surface area (Å²) in [6.45, 7) is 6.47. The summed E-state index contributed by atoms with van der Waals surface area (Å²) in [4.78, 5) is 14.8. The number of fused-ring (bicyclic) bond motifs is 3. The molecule has 0 saturated heterocycles. The normalized spacial score (nSPS) is 13.5. The van der Waals surface area contributed by atoms with Gasteiger partial charge in [0.25, 0.3) is 10.0 Å². The molecule has 0 saturated carbocycles. The van der Waals surface area contributed by atoms with Gasteiger partial charge in [0.05, 0.1) is 17.7 Å². The fraction of sp³-hybridized carbons (Fsp3) is 0.565. The van der Waals surface area contributed by atoms with Crippen LogP contribution in [0.4, 0.5) is 0 Å². The number of hydrogen-bond acceptors (Lipinski definition) is 5. The third kappa shape index (κ3) is 12.3. The first-order valence-corrected chi connectivity index (χ1v) is 22.2. The topological polar surface area (TPSA) is 84.8 Å². The van der Waals surface area contributed by atoms with E-state index in [1.165, 1.54) is 132 Å². The summed E-state index contributed by atoms with van der Waals surface area (Å²) in [5.74, 6) is -0.288. The van der Waals surface area contributed by atoms with Crippen molar-refractivity contribution in [2.75, 3.05) is 7.11 Å². The lowest BCUT2D eigenvalue weighted by atomic mass is 9.70. The molecule has 1 N–H and O–H groups in total. The summed E-state index contributed by atoms with van der Waals surface area (Å²) in [6, 6.07) is 22.3. The monoisotopic (exact) mass is 742 g/mol. The van der Waals surface area contributed by atoms with Crippen molar-refractivity contribution in [1.82, 2.24) is 4.83 Å². The lowest BCUT2D eigenvalue weighted by molar-refractivity contribution is -0.140. The number of hydrogen-bond donors (Lipinski definition) is 1. The Morgan fingerprint density at radius 1 is 0.660 bits per heavy atom. The number of carbonyl (C=O) groups is 1. The molecule has 3 aromatic carbocycles. The number of carbonyl (C=O) groups excluding carboxylic acids is 1. The van der Waals surface area contributed by atoms with E-state index in [4.69, 9.17) is 4.74 Å². The summed E-state index contributed by atoms with van der Waals surface area (Å²) in [5.41, 5.74) is 7.75. The number of nitrogens with one attached hydrogen (secondary N) is 1. The van der Waals surface area contributed by atoms with E-state index in [0.29, 0.717) is 18.6 Å². The Kier molecular flexibility index (Phi) is 17.6. The molecule has 0 amide bonds. The Bertz CT molecular complexity index is 1680. The van der Waals surface area contributed by atoms with E-state index >= 15 is 0 Å². The number of sulfonamides is 1. The van der Waals surface area contributed by atoms with Crippen molar-refractivity contribution in [2.45, 2.75) is 166 Å². The summed E-state index contributed by atoms with van der Waals surface area (Å²) in [5, 5.41) is 4.57. The van der Waals surface area contributed by atoms with Crippen molar-refractivity contribution in [3.05, 3.63) is 89.0 Å². The first-order chi connectivity index (χ1) is 25.8. The van der Waals surface area contributed by atoms with E-state index < -0.39 is 10.0 Å². The maximum atomic E-state index is 13.3. The van der Waals surface area contributed by atoms with Crippen LogP contribution in [-0.2, 0) is 25.0 Å². The van der Waals surface area contributed by atoms with Crippen molar-refractivity contribution < 1.29 is 17.9 Å². The molecule has 0 spiro atoms. The molecule has 0 bridgehead atoms. The minimum absolute atomic E-state index is 0.106. The standard InChI is InChI=1S/C46H66N2O4S/c1-5-7-9-11-13-15-17-21-34-46(35-22-18-16-14-12-10-8-6-2)42-25-20-19-24-40(42)41-33-30-38(36-43(41)46)44(26-23-27-45(49)52-4)47-48-53(50,51)39-31-28-37(3)29-32-39/h19-20,24-25,28-33,36,48H,5-18,21-23,26-27,34-35H2,1-4H3/b47-44+. The SMILES string of the molecule is CCCCCCCCCCC1(CCCCCCCCCC)c2ccccc2-c2ccc(/C(CCCC(=O)OC)=N/NS(=O)(=O)c3ccc(C)cc3)cc21. The van der Waals surface area contributed by atoms with Gasteiger partial charge in [-0.05, 0) is 78.6 Å². The molecule has 1 aliphatic carbocycles. The third-order valence-corrected chi connectivity index (χ3v) is 12.4. The van der Waals surface area contributed by atoms with Gasteiger partial charge in [-0.3, -0.25) is 4.79 Å². The quantitative estimate of drug-likeness (QED) is 0.0384. The lowest BCUT2D eigenvalue weighted by Gasteiger charge is -2.33. The van der Waals surface area contributed by atoms with E-state index in [9.17, 15) is 13.2 Å². The maximum absolute atomic E-state index is 13.3. The van der Waals surface area contributed by atoms with Gasteiger partial charge in [-0.2, -0.15) is 18.4 Å². The number of aryl methyl sites for hydroxylation is 1. The van der Waals surface area contributed by atoms with E-state index in [1.807, 2.05) is 6.92 Å². The van der Waals surface area contributed by atoms with Gasteiger partial charge in [0.1, 0.15) is 0 Å². The zero-order valence-corrected chi connectivity index (χ0v) is 34.0. The highest BCUT2D eigenvalue weighted by molar-refractivity contribution is 7.89. The second kappa shape index (κ2) is 22.1. The number of nitrogens with zero attached hydrogens (tertiary/aromatic N) is 1. The number of methoxy groups -OCH3 is 1. The van der Waals surface area contributed by atoms with Crippen molar-refractivity contribution in [1.29, 1.82) is 0 Å². The van der Waals surface area contributed by atoms with E-state index in [-0.39, 0.29) is 22.7 Å². The largest absolute Gasteiger partial charge is 0.469 e. The van der Waals surface area contributed by atoms with Gasteiger partial charge in [-0.15, -0.1) is 0 Å². The van der Waals surface area contributed by atoms with Crippen LogP contribution in [0.15, 0.2) is 76.7 Å². The first-order valence-electron chi connectivity index (χ1n) is 20.7. The number of ether oxygens (including phenoxy) is 1. The second-order valence-electron chi connectivity index (χ2n) is 15.2. The molecule has 290 valence electrons. The zero-order chi connectivity index (χ0) is 37.9. The molecule has 0 unspecified atom stereocenters. The average molecular weight is 743 g/mol. The van der Waals surface area contributed by atoms with Crippen LogP contribution in [0.2, 0.25) is 0 Å². The highest BCUT2D eigenvalue weighted by atomic mass is 32.2. The van der Waals surface area contributed by atoms with Gasteiger partial charge in [-0.25, -0.2) is 0 Å². The molecular formula is C46H66N2O4S.